The molecule has 3 heteroatoms. The van der Waals surface area contributed by atoms with Gasteiger partial charge < -0.3 is 4.42 Å². The van der Waals surface area contributed by atoms with Crippen LogP contribution in [-0.2, 0) is 0 Å². The number of para-hydroxylation sites is 1. The average molecular weight is 588 g/mol. The van der Waals surface area contributed by atoms with Crippen molar-refractivity contribution in [2.75, 3.05) is 0 Å². The van der Waals surface area contributed by atoms with Gasteiger partial charge in [0.05, 0.1) is 11.0 Å². The van der Waals surface area contributed by atoms with Crippen LogP contribution < -0.4 is 5.56 Å². The molecule has 3 heterocycles. The van der Waals surface area contributed by atoms with Gasteiger partial charge in [-0.2, -0.15) is 0 Å². The summed E-state index contributed by atoms with van der Waals surface area (Å²) in [5, 5.41) is 9.21. The van der Waals surface area contributed by atoms with E-state index in [4.69, 9.17) is 4.42 Å². The van der Waals surface area contributed by atoms with Crippen LogP contribution in [0.5, 0.6) is 0 Å². The SMILES string of the molecule is O=c1c2ccc(-c3cccc4oc5ccccc5c34)cc2c(-c2ccccc2)c2c3ccccc3c3ccc4ccccc4c3n12. The molecule has 3 nitrogen and oxygen atoms in total. The molecule has 0 fully saturated rings. The van der Waals surface area contributed by atoms with Gasteiger partial charge >= 0.3 is 0 Å². The summed E-state index contributed by atoms with van der Waals surface area (Å²) in [6.45, 7) is 0. The molecule has 214 valence electrons. The minimum atomic E-state index is -0.0182. The fourth-order valence-corrected chi connectivity index (χ4v) is 7.59. The van der Waals surface area contributed by atoms with E-state index in [0.29, 0.717) is 5.39 Å². The molecule has 0 saturated carbocycles. The molecule has 0 radical (unpaired) electrons. The first-order chi connectivity index (χ1) is 22.8. The molecule has 0 bridgehead atoms. The number of benzene rings is 7. The molecule has 0 aliphatic heterocycles. The van der Waals surface area contributed by atoms with Crippen molar-refractivity contribution in [1.29, 1.82) is 0 Å². The Bertz CT molecular complexity index is 2930. The van der Waals surface area contributed by atoms with Crippen LogP contribution in [0.15, 0.2) is 161 Å². The van der Waals surface area contributed by atoms with Crippen LogP contribution in [0.3, 0.4) is 0 Å². The number of rotatable bonds is 2. The Labute approximate surface area is 263 Å². The lowest BCUT2D eigenvalue weighted by Gasteiger charge is -2.19. The first-order valence-corrected chi connectivity index (χ1v) is 15.6. The van der Waals surface area contributed by atoms with E-state index in [1.54, 1.807) is 0 Å². The van der Waals surface area contributed by atoms with Gasteiger partial charge in [0.15, 0.2) is 0 Å². The maximum atomic E-state index is 14.9. The number of fused-ring (bicyclic) bond motifs is 12. The fraction of sp³-hybridized carbons (Fsp3) is 0. The Kier molecular flexibility index (Phi) is 5.15. The summed E-state index contributed by atoms with van der Waals surface area (Å²) in [6, 6.07) is 52.4. The van der Waals surface area contributed by atoms with Gasteiger partial charge in [0.25, 0.3) is 5.56 Å². The van der Waals surface area contributed by atoms with Crippen molar-refractivity contribution in [3.8, 4) is 22.3 Å². The van der Waals surface area contributed by atoms with Gasteiger partial charge in [-0.3, -0.25) is 9.20 Å². The molecular formula is C43H25NO2. The molecule has 7 aromatic carbocycles. The average Bonchev–Trinajstić information content (AvgIpc) is 3.51. The monoisotopic (exact) mass is 587 g/mol. The van der Waals surface area contributed by atoms with Gasteiger partial charge in [-0.05, 0) is 57.1 Å². The predicted octanol–water partition coefficient (Wildman–Crippen LogP) is 11.1. The van der Waals surface area contributed by atoms with Gasteiger partial charge in [-0.1, -0.05) is 127 Å². The zero-order valence-corrected chi connectivity index (χ0v) is 24.7. The second-order valence-electron chi connectivity index (χ2n) is 12.0. The zero-order chi connectivity index (χ0) is 30.4. The van der Waals surface area contributed by atoms with Gasteiger partial charge in [0, 0.05) is 37.9 Å². The van der Waals surface area contributed by atoms with Crippen LogP contribution >= 0.6 is 0 Å². The Hall–Kier alpha value is -6.19. The summed E-state index contributed by atoms with van der Waals surface area (Å²) in [6.07, 6.45) is 0. The summed E-state index contributed by atoms with van der Waals surface area (Å²) in [4.78, 5) is 14.9. The van der Waals surface area contributed by atoms with Crippen molar-refractivity contribution in [1.82, 2.24) is 4.40 Å². The highest BCUT2D eigenvalue weighted by atomic mass is 16.3. The normalized spacial score (nSPS) is 12.0. The van der Waals surface area contributed by atoms with Crippen molar-refractivity contribution in [3.63, 3.8) is 0 Å². The molecule has 0 aliphatic carbocycles. The minimum absolute atomic E-state index is 0.0182. The lowest BCUT2D eigenvalue weighted by Crippen LogP contribution is -2.16. The Morgan fingerprint density at radius 2 is 1.11 bits per heavy atom. The standard InChI is InChI=1S/C43H25NO2/c45-43-34-24-22-28(29-18-10-20-38-40(29)35-17-8-9-19-37(35)46-38)25-36(34)39(27-12-2-1-3-13-27)42-32-16-7-6-15-31(32)33-23-21-26-11-4-5-14-30(26)41(33)44(42)43/h1-25H. The lowest BCUT2D eigenvalue weighted by atomic mass is 9.91. The van der Waals surface area contributed by atoms with Gasteiger partial charge in [-0.25, -0.2) is 0 Å². The summed E-state index contributed by atoms with van der Waals surface area (Å²) < 4.78 is 8.22. The maximum Gasteiger partial charge on any atom is 0.263 e. The highest BCUT2D eigenvalue weighted by molar-refractivity contribution is 6.24. The van der Waals surface area contributed by atoms with E-state index >= 15 is 0 Å². The molecule has 0 saturated heterocycles. The number of pyridine rings is 2. The Morgan fingerprint density at radius 1 is 0.435 bits per heavy atom. The van der Waals surface area contributed by atoms with Gasteiger partial charge in [-0.15, -0.1) is 0 Å². The molecule has 10 aromatic rings. The quantitative estimate of drug-likeness (QED) is 0.149. The van der Waals surface area contributed by atoms with E-state index in [2.05, 4.69) is 109 Å². The molecule has 46 heavy (non-hydrogen) atoms. The summed E-state index contributed by atoms with van der Waals surface area (Å²) in [7, 11) is 0. The van der Waals surface area contributed by atoms with Gasteiger partial charge in [0.1, 0.15) is 11.2 Å². The first-order valence-electron chi connectivity index (χ1n) is 15.6. The fourth-order valence-electron chi connectivity index (χ4n) is 7.59. The highest BCUT2D eigenvalue weighted by Crippen LogP contribution is 2.42. The van der Waals surface area contributed by atoms with E-state index in [1.807, 2.05) is 46.9 Å². The number of aromatic nitrogens is 1. The van der Waals surface area contributed by atoms with Gasteiger partial charge in [0.2, 0.25) is 0 Å². The van der Waals surface area contributed by atoms with E-state index in [0.717, 1.165) is 87.5 Å². The van der Waals surface area contributed by atoms with Crippen LogP contribution in [0, 0.1) is 0 Å². The van der Waals surface area contributed by atoms with E-state index < -0.39 is 0 Å². The lowest BCUT2D eigenvalue weighted by molar-refractivity contribution is 0.669. The third-order valence-electron chi connectivity index (χ3n) is 9.56. The van der Waals surface area contributed by atoms with E-state index in [9.17, 15) is 4.79 Å². The molecular weight excluding hydrogens is 562 g/mol. The number of nitrogens with zero attached hydrogens (tertiary/aromatic N) is 1. The second kappa shape index (κ2) is 9.40. The number of furan rings is 1. The highest BCUT2D eigenvalue weighted by Gasteiger charge is 2.21. The van der Waals surface area contributed by atoms with Crippen LogP contribution in [0.25, 0.3) is 92.9 Å². The first kappa shape index (κ1) is 25.2. The van der Waals surface area contributed by atoms with E-state index in [-0.39, 0.29) is 5.56 Å². The van der Waals surface area contributed by atoms with Crippen LogP contribution in [0.2, 0.25) is 0 Å². The smallest absolute Gasteiger partial charge is 0.263 e. The largest absolute Gasteiger partial charge is 0.456 e. The Morgan fingerprint density at radius 3 is 1.98 bits per heavy atom. The number of hydrogen-bond acceptors (Lipinski definition) is 2. The molecule has 0 unspecified atom stereocenters. The Balaban J connectivity index is 1.44. The maximum absolute atomic E-state index is 14.9. The molecule has 0 N–H and O–H groups in total. The van der Waals surface area contributed by atoms with E-state index in [1.165, 1.54) is 0 Å². The molecule has 0 aliphatic rings. The van der Waals surface area contributed by atoms with Crippen molar-refractivity contribution in [2.24, 2.45) is 0 Å². The summed E-state index contributed by atoms with van der Waals surface area (Å²) in [5.74, 6) is 0. The zero-order valence-electron chi connectivity index (χ0n) is 24.7. The third kappa shape index (κ3) is 3.40. The third-order valence-corrected chi connectivity index (χ3v) is 9.56. The van der Waals surface area contributed by atoms with Crippen molar-refractivity contribution >= 4 is 70.7 Å². The predicted molar refractivity (Wildman–Crippen MR) is 192 cm³/mol. The van der Waals surface area contributed by atoms with Crippen LogP contribution in [0.4, 0.5) is 0 Å². The molecule has 0 spiro atoms. The summed E-state index contributed by atoms with van der Waals surface area (Å²) >= 11 is 0. The second-order valence-corrected chi connectivity index (χ2v) is 12.0. The topological polar surface area (TPSA) is 34.6 Å². The molecule has 3 aromatic heterocycles. The summed E-state index contributed by atoms with van der Waals surface area (Å²) in [5.41, 5.74) is 7.80. The molecule has 0 amide bonds. The van der Waals surface area contributed by atoms with Crippen LogP contribution in [0.1, 0.15) is 0 Å². The molecule has 0 atom stereocenters. The molecule has 10 rings (SSSR count). The minimum Gasteiger partial charge on any atom is -0.456 e. The van der Waals surface area contributed by atoms with Crippen molar-refractivity contribution in [2.45, 2.75) is 0 Å². The van der Waals surface area contributed by atoms with Crippen molar-refractivity contribution < 1.29 is 4.42 Å². The number of hydrogen-bond donors (Lipinski definition) is 0. The van der Waals surface area contributed by atoms with Crippen molar-refractivity contribution in [3.05, 3.63) is 162 Å². The van der Waals surface area contributed by atoms with Crippen LogP contribution in [-0.4, -0.2) is 4.40 Å².